The molecule has 21 heavy (non-hydrogen) atoms. The fourth-order valence-corrected chi connectivity index (χ4v) is 3.29. The topological polar surface area (TPSA) is 29.5 Å². The summed E-state index contributed by atoms with van der Waals surface area (Å²) < 4.78 is 5.33. The minimum Gasteiger partial charge on any atom is -0.497 e. The number of fused-ring (bicyclic) bond motifs is 1. The Labute approximate surface area is 135 Å². The second-order valence-electron chi connectivity index (χ2n) is 5.78. The molecule has 1 heterocycles. The molecule has 1 aromatic rings. The standard InChI is InChI=1S/C17H22BrNO2/c1-11(2)7-16-15-9-14(21-4)6-5-12(15)8-13(10-18)19(3)17(16)20/h5-7,9,11,13H,8,10H2,1-4H3/b16-7-/t13-/m1/s1. The lowest BCUT2D eigenvalue weighted by atomic mass is 9.95. The normalized spacial score (nSPS) is 20.7. The number of ether oxygens (including phenoxy) is 1. The zero-order valence-electron chi connectivity index (χ0n) is 13.0. The van der Waals surface area contributed by atoms with Gasteiger partial charge in [-0.1, -0.05) is 41.9 Å². The van der Waals surface area contributed by atoms with Gasteiger partial charge in [0.25, 0.3) is 5.91 Å². The number of likely N-dealkylation sites (N-methyl/N-ethyl adjacent to an activating group) is 1. The first-order valence-corrected chi connectivity index (χ1v) is 8.32. The molecule has 1 aromatic carbocycles. The van der Waals surface area contributed by atoms with Gasteiger partial charge in [-0.15, -0.1) is 0 Å². The van der Waals surface area contributed by atoms with Crippen LogP contribution < -0.4 is 4.74 Å². The number of hydrogen-bond donors (Lipinski definition) is 0. The van der Waals surface area contributed by atoms with Gasteiger partial charge < -0.3 is 9.64 Å². The minimum absolute atomic E-state index is 0.0835. The molecule has 0 saturated heterocycles. The van der Waals surface area contributed by atoms with Gasteiger partial charge in [0.2, 0.25) is 0 Å². The van der Waals surface area contributed by atoms with E-state index in [1.165, 1.54) is 5.56 Å². The molecule has 0 N–H and O–H groups in total. The van der Waals surface area contributed by atoms with E-state index < -0.39 is 0 Å². The number of hydrogen-bond acceptors (Lipinski definition) is 2. The van der Waals surface area contributed by atoms with Gasteiger partial charge in [-0.05, 0) is 35.6 Å². The number of carbonyl (C=O) groups is 1. The molecule has 0 aliphatic carbocycles. The molecular weight excluding hydrogens is 330 g/mol. The maximum atomic E-state index is 12.8. The summed E-state index contributed by atoms with van der Waals surface area (Å²) in [5, 5.41) is 0.773. The van der Waals surface area contributed by atoms with Crippen molar-refractivity contribution >= 4 is 27.4 Å². The first kappa shape index (κ1) is 16.1. The molecule has 1 amide bonds. The van der Waals surface area contributed by atoms with Crippen LogP contribution in [0, 0.1) is 5.92 Å². The lowest BCUT2D eigenvalue weighted by Gasteiger charge is -2.24. The summed E-state index contributed by atoms with van der Waals surface area (Å²) in [5.41, 5.74) is 2.98. The van der Waals surface area contributed by atoms with E-state index in [1.54, 1.807) is 7.11 Å². The molecule has 0 aromatic heterocycles. The number of allylic oxidation sites excluding steroid dienone is 1. The Kier molecular flexibility index (Phi) is 5.09. The van der Waals surface area contributed by atoms with E-state index in [0.29, 0.717) is 5.92 Å². The van der Waals surface area contributed by atoms with E-state index in [0.717, 1.165) is 28.6 Å². The predicted molar refractivity (Wildman–Crippen MR) is 89.9 cm³/mol. The van der Waals surface area contributed by atoms with Crippen LogP contribution in [0.15, 0.2) is 24.3 Å². The van der Waals surface area contributed by atoms with Gasteiger partial charge in [-0.2, -0.15) is 0 Å². The lowest BCUT2D eigenvalue weighted by molar-refractivity contribution is -0.125. The zero-order chi connectivity index (χ0) is 15.6. The van der Waals surface area contributed by atoms with Crippen LogP contribution in [0.1, 0.15) is 25.0 Å². The lowest BCUT2D eigenvalue weighted by Crippen LogP contribution is -2.38. The van der Waals surface area contributed by atoms with E-state index in [9.17, 15) is 4.79 Å². The van der Waals surface area contributed by atoms with Crippen molar-refractivity contribution in [1.82, 2.24) is 4.90 Å². The summed E-state index contributed by atoms with van der Waals surface area (Å²) >= 11 is 3.53. The van der Waals surface area contributed by atoms with E-state index in [1.807, 2.05) is 30.2 Å². The van der Waals surface area contributed by atoms with Crippen LogP contribution in [0.2, 0.25) is 0 Å². The van der Waals surface area contributed by atoms with Gasteiger partial charge in [0, 0.05) is 24.0 Å². The van der Waals surface area contributed by atoms with Crippen molar-refractivity contribution in [2.45, 2.75) is 26.3 Å². The summed E-state index contributed by atoms with van der Waals surface area (Å²) in [6, 6.07) is 6.19. The highest BCUT2D eigenvalue weighted by atomic mass is 79.9. The molecule has 1 aliphatic rings. The van der Waals surface area contributed by atoms with Crippen molar-refractivity contribution in [1.29, 1.82) is 0 Å². The van der Waals surface area contributed by atoms with Gasteiger partial charge >= 0.3 is 0 Å². The van der Waals surface area contributed by atoms with Crippen LogP contribution in [0.3, 0.4) is 0 Å². The number of carbonyl (C=O) groups excluding carboxylic acids is 1. The third-order valence-corrected chi connectivity index (χ3v) is 4.59. The molecule has 2 rings (SSSR count). The van der Waals surface area contributed by atoms with E-state index in [2.05, 4.69) is 35.8 Å². The van der Waals surface area contributed by atoms with E-state index in [-0.39, 0.29) is 11.9 Å². The molecular formula is C17H22BrNO2. The van der Waals surface area contributed by atoms with Crippen LogP contribution in [-0.2, 0) is 11.2 Å². The molecule has 0 unspecified atom stereocenters. The fourth-order valence-electron chi connectivity index (χ4n) is 2.63. The van der Waals surface area contributed by atoms with Gasteiger partial charge in [0.15, 0.2) is 0 Å². The summed E-state index contributed by atoms with van der Waals surface area (Å²) in [6.45, 7) is 4.18. The zero-order valence-corrected chi connectivity index (χ0v) is 14.6. The molecule has 0 bridgehead atoms. The number of halogens is 1. The molecule has 0 radical (unpaired) electrons. The van der Waals surface area contributed by atoms with Crippen LogP contribution in [0.4, 0.5) is 0 Å². The molecule has 4 heteroatoms. The molecule has 114 valence electrons. The van der Waals surface area contributed by atoms with Crippen LogP contribution in [-0.4, -0.2) is 36.3 Å². The predicted octanol–water partition coefficient (Wildman–Crippen LogP) is 3.51. The SMILES string of the molecule is COc1ccc2c(c1)/C(=C/C(C)C)C(=O)N(C)[C@@H](CBr)C2. The van der Waals surface area contributed by atoms with Gasteiger partial charge in [-0.3, -0.25) is 4.79 Å². The molecule has 1 aliphatic heterocycles. The number of benzene rings is 1. The first-order chi connectivity index (χ1) is 9.97. The van der Waals surface area contributed by atoms with Crippen LogP contribution in [0.5, 0.6) is 5.75 Å². The largest absolute Gasteiger partial charge is 0.497 e. The van der Waals surface area contributed by atoms with E-state index in [4.69, 9.17) is 4.74 Å². The number of nitrogens with zero attached hydrogens (tertiary/aromatic N) is 1. The van der Waals surface area contributed by atoms with Crippen LogP contribution >= 0.6 is 15.9 Å². The Balaban J connectivity index is 2.62. The third kappa shape index (κ3) is 3.31. The number of amides is 1. The van der Waals surface area contributed by atoms with Crippen LogP contribution in [0.25, 0.3) is 5.57 Å². The monoisotopic (exact) mass is 351 g/mol. The van der Waals surface area contributed by atoms with Gasteiger partial charge in [0.1, 0.15) is 5.75 Å². The molecule has 3 nitrogen and oxygen atoms in total. The summed E-state index contributed by atoms with van der Waals surface area (Å²) in [7, 11) is 3.53. The Morgan fingerprint density at radius 2 is 2.19 bits per heavy atom. The molecule has 0 spiro atoms. The quantitative estimate of drug-likeness (QED) is 0.615. The number of alkyl halides is 1. The molecule has 0 saturated carbocycles. The van der Waals surface area contributed by atoms with Gasteiger partial charge in [0.05, 0.1) is 7.11 Å². The maximum Gasteiger partial charge on any atom is 0.254 e. The Hall–Kier alpha value is -1.29. The van der Waals surface area contributed by atoms with Crippen molar-refractivity contribution in [2.24, 2.45) is 5.92 Å². The average molecular weight is 352 g/mol. The Morgan fingerprint density at radius 3 is 2.76 bits per heavy atom. The molecule has 1 atom stereocenters. The van der Waals surface area contributed by atoms with Crippen molar-refractivity contribution < 1.29 is 9.53 Å². The highest BCUT2D eigenvalue weighted by molar-refractivity contribution is 9.09. The second kappa shape index (κ2) is 6.65. The fraction of sp³-hybridized carbons (Fsp3) is 0.471. The van der Waals surface area contributed by atoms with Crippen molar-refractivity contribution in [2.75, 3.05) is 19.5 Å². The van der Waals surface area contributed by atoms with E-state index >= 15 is 0 Å². The highest BCUT2D eigenvalue weighted by Crippen LogP contribution is 2.32. The highest BCUT2D eigenvalue weighted by Gasteiger charge is 2.29. The summed E-state index contributed by atoms with van der Waals surface area (Å²) in [5.74, 6) is 1.19. The average Bonchev–Trinajstić information content (AvgIpc) is 2.57. The summed E-state index contributed by atoms with van der Waals surface area (Å²) in [6.07, 6.45) is 2.90. The van der Waals surface area contributed by atoms with Gasteiger partial charge in [-0.25, -0.2) is 0 Å². The third-order valence-electron chi connectivity index (χ3n) is 3.84. The van der Waals surface area contributed by atoms with Crippen molar-refractivity contribution in [3.8, 4) is 5.75 Å². The second-order valence-corrected chi connectivity index (χ2v) is 6.42. The van der Waals surface area contributed by atoms with Crippen molar-refractivity contribution in [3.05, 3.63) is 35.4 Å². The Bertz CT molecular complexity index is 566. The molecule has 0 fully saturated rings. The Morgan fingerprint density at radius 1 is 1.48 bits per heavy atom. The summed E-state index contributed by atoms with van der Waals surface area (Å²) in [4.78, 5) is 14.7. The van der Waals surface area contributed by atoms with Crippen molar-refractivity contribution in [3.63, 3.8) is 0 Å². The number of methoxy groups -OCH3 is 1. The number of rotatable bonds is 3. The smallest absolute Gasteiger partial charge is 0.254 e. The first-order valence-electron chi connectivity index (χ1n) is 7.20. The maximum absolute atomic E-state index is 12.8. The minimum atomic E-state index is 0.0835.